The van der Waals surface area contributed by atoms with E-state index in [-0.39, 0.29) is 11.3 Å². The Morgan fingerprint density at radius 1 is 1.32 bits per heavy atom. The lowest BCUT2D eigenvalue weighted by Crippen LogP contribution is -2.33. The second kappa shape index (κ2) is 8.58. The molecule has 31 heavy (non-hydrogen) atoms. The lowest BCUT2D eigenvalue weighted by molar-refractivity contribution is 0.102. The van der Waals surface area contributed by atoms with E-state index in [4.69, 9.17) is 0 Å². The van der Waals surface area contributed by atoms with Crippen LogP contribution in [0.4, 0.5) is 15.9 Å². The highest BCUT2D eigenvalue weighted by Crippen LogP contribution is 2.23. The highest BCUT2D eigenvalue weighted by molar-refractivity contribution is 6.02. The van der Waals surface area contributed by atoms with Crippen LogP contribution < -0.4 is 10.2 Å². The number of aromatic nitrogens is 4. The van der Waals surface area contributed by atoms with E-state index >= 15 is 0 Å². The number of nitrogens with one attached hydrogen (secondary N) is 1. The van der Waals surface area contributed by atoms with Crippen LogP contribution in [-0.2, 0) is 0 Å². The summed E-state index contributed by atoms with van der Waals surface area (Å²) in [6.45, 7) is 9.10. The fourth-order valence-corrected chi connectivity index (χ4v) is 3.85. The summed E-state index contributed by atoms with van der Waals surface area (Å²) in [5.41, 5.74) is 1.43. The summed E-state index contributed by atoms with van der Waals surface area (Å²) in [4.78, 5) is 30.0. The molecule has 1 saturated heterocycles. The molecule has 3 aromatic rings. The van der Waals surface area contributed by atoms with Gasteiger partial charge in [0.25, 0.3) is 5.91 Å². The topological polar surface area (TPSA) is 78.7 Å². The van der Waals surface area contributed by atoms with Crippen LogP contribution in [0, 0.1) is 18.7 Å². The Balaban J connectivity index is 1.40. The van der Waals surface area contributed by atoms with Gasteiger partial charge < -0.3 is 19.5 Å². The molecule has 4 rings (SSSR count). The van der Waals surface area contributed by atoms with Crippen molar-refractivity contribution in [3.63, 3.8) is 0 Å². The number of halogens is 1. The van der Waals surface area contributed by atoms with Gasteiger partial charge in [0, 0.05) is 44.1 Å². The third kappa shape index (κ3) is 4.66. The van der Waals surface area contributed by atoms with Crippen molar-refractivity contribution >= 4 is 23.1 Å². The minimum absolute atomic E-state index is 0.182. The molecule has 0 spiro atoms. The molecule has 8 nitrogen and oxygen atoms in total. The molecule has 1 atom stereocenters. The average molecular weight is 426 g/mol. The van der Waals surface area contributed by atoms with E-state index in [1.807, 2.05) is 0 Å². The maximum Gasteiger partial charge on any atom is 0.275 e. The van der Waals surface area contributed by atoms with Crippen LogP contribution >= 0.6 is 0 Å². The Morgan fingerprint density at radius 3 is 2.84 bits per heavy atom. The number of hydrogen-bond donors (Lipinski definition) is 1. The van der Waals surface area contributed by atoms with Gasteiger partial charge in [0.1, 0.15) is 11.5 Å². The zero-order valence-electron chi connectivity index (χ0n) is 18.3. The van der Waals surface area contributed by atoms with Gasteiger partial charge >= 0.3 is 0 Å². The largest absolute Gasteiger partial charge is 0.355 e. The van der Waals surface area contributed by atoms with Crippen molar-refractivity contribution in [3.8, 4) is 0 Å². The fraction of sp³-hybridized carbons (Fsp3) is 0.455. The van der Waals surface area contributed by atoms with Crippen molar-refractivity contribution in [3.05, 3.63) is 48.1 Å². The van der Waals surface area contributed by atoms with Crippen LogP contribution in [0.2, 0.25) is 0 Å². The predicted molar refractivity (Wildman–Crippen MR) is 118 cm³/mol. The van der Waals surface area contributed by atoms with Gasteiger partial charge in [-0.2, -0.15) is 0 Å². The molecule has 0 aliphatic carbocycles. The van der Waals surface area contributed by atoms with Gasteiger partial charge in [0.15, 0.2) is 11.5 Å². The lowest BCUT2D eigenvalue weighted by atomic mass is 10.1. The number of imidazole rings is 1. The van der Waals surface area contributed by atoms with E-state index in [0.29, 0.717) is 23.3 Å². The fourth-order valence-electron chi connectivity index (χ4n) is 3.85. The first-order valence-corrected chi connectivity index (χ1v) is 10.5. The van der Waals surface area contributed by atoms with E-state index < -0.39 is 11.7 Å². The average Bonchev–Trinajstić information content (AvgIpc) is 3.34. The second-order valence-electron chi connectivity index (χ2n) is 8.54. The number of rotatable bonds is 6. The number of carbonyl (C=O) groups excluding carboxylic acids is 1. The normalized spacial score (nSPS) is 16.6. The summed E-state index contributed by atoms with van der Waals surface area (Å²) in [5, 5.41) is 2.68. The smallest absolute Gasteiger partial charge is 0.275 e. The van der Waals surface area contributed by atoms with Gasteiger partial charge in [-0.15, -0.1) is 0 Å². The van der Waals surface area contributed by atoms with E-state index in [2.05, 4.69) is 51.0 Å². The van der Waals surface area contributed by atoms with Crippen molar-refractivity contribution in [1.29, 1.82) is 0 Å². The SMILES string of the molecule is Cc1cn2cc(NC(=O)c3cnc(N4CCC(CN(C)C(C)C)C4)cn3)cc(F)c2n1. The van der Waals surface area contributed by atoms with Crippen LogP contribution in [0.3, 0.4) is 0 Å². The van der Waals surface area contributed by atoms with Gasteiger partial charge in [-0.05, 0) is 40.2 Å². The van der Waals surface area contributed by atoms with E-state index in [1.54, 1.807) is 29.9 Å². The molecule has 164 valence electrons. The molecule has 1 aliphatic heterocycles. The molecule has 3 aromatic heterocycles. The zero-order valence-corrected chi connectivity index (χ0v) is 18.3. The standard InChI is InChI=1S/C22H28FN7O/c1-14(2)28(4)11-16-5-6-29(12-16)20-9-24-19(8-25-20)22(31)27-17-7-18(23)21-26-15(3)10-30(21)13-17/h7-10,13-14,16H,5-6,11-12H2,1-4H3,(H,27,31). The molecule has 1 aliphatic rings. The van der Waals surface area contributed by atoms with E-state index in [9.17, 15) is 9.18 Å². The molecule has 1 unspecified atom stereocenters. The molecule has 0 aromatic carbocycles. The quantitative estimate of drug-likeness (QED) is 0.654. The van der Waals surface area contributed by atoms with Crippen molar-refractivity contribution < 1.29 is 9.18 Å². The Labute approximate surface area is 181 Å². The number of amides is 1. The van der Waals surface area contributed by atoms with Crippen molar-refractivity contribution in [2.75, 3.05) is 36.9 Å². The minimum atomic E-state index is -0.501. The first kappa shape index (κ1) is 21.2. The third-order valence-electron chi connectivity index (χ3n) is 5.79. The number of carbonyl (C=O) groups is 1. The number of nitrogens with zero attached hydrogens (tertiary/aromatic N) is 6. The molecule has 0 bridgehead atoms. The van der Waals surface area contributed by atoms with Gasteiger partial charge in [0.05, 0.1) is 23.8 Å². The molecular formula is C22H28FN7O. The van der Waals surface area contributed by atoms with Gasteiger partial charge in [-0.3, -0.25) is 4.79 Å². The number of hydrogen-bond acceptors (Lipinski definition) is 6. The summed E-state index contributed by atoms with van der Waals surface area (Å²) < 4.78 is 15.8. The summed E-state index contributed by atoms with van der Waals surface area (Å²) in [6, 6.07) is 1.78. The van der Waals surface area contributed by atoms with Crippen molar-refractivity contribution in [2.24, 2.45) is 5.92 Å². The highest BCUT2D eigenvalue weighted by Gasteiger charge is 2.25. The summed E-state index contributed by atoms with van der Waals surface area (Å²) in [6.07, 6.45) is 7.53. The van der Waals surface area contributed by atoms with Crippen LogP contribution in [-0.4, -0.2) is 62.9 Å². The first-order chi connectivity index (χ1) is 14.8. The summed E-state index contributed by atoms with van der Waals surface area (Å²) >= 11 is 0. The van der Waals surface area contributed by atoms with E-state index in [0.717, 1.165) is 31.9 Å². The lowest BCUT2D eigenvalue weighted by Gasteiger charge is -2.24. The van der Waals surface area contributed by atoms with Gasteiger partial charge in [-0.25, -0.2) is 19.3 Å². The Bertz CT molecular complexity index is 1080. The molecule has 1 amide bonds. The molecule has 0 saturated carbocycles. The first-order valence-electron chi connectivity index (χ1n) is 10.5. The Kier molecular flexibility index (Phi) is 5.86. The maximum absolute atomic E-state index is 14.2. The van der Waals surface area contributed by atoms with Crippen molar-refractivity contribution in [2.45, 2.75) is 33.2 Å². The third-order valence-corrected chi connectivity index (χ3v) is 5.79. The van der Waals surface area contributed by atoms with Crippen LogP contribution in [0.5, 0.6) is 0 Å². The van der Waals surface area contributed by atoms with E-state index in [1.165, 1.54) is 12.3 Å². The van der Waals surface area contributed by atoms with Crippen LogP contribution in [0.15, 0.2) is 30.9 Å². The molecule has 4 heterocycles. The summed E-state index contributed by atoms with van der Waals surface area (Å²) in [7, 11) is 2.15. The maximum atomic E-state index is 14.2. The number of aryl methyl sites for hydroxylation is 1. The van der Waals surface area contributed by atoms with Gasteiger partial charge in [0.2, 0.25) is 0 Å². The molecule has 1 fully saturated rings. The van der Waals surface area contributed by atoms with Crippen LogP contribution in [0.25, 0.3) is 5.65 Å². The predicted octanol–water partition coefficient (Wildman–Crippen LogP) is 2.99. The zero-order chi connectivity index (χ0) is 22.1. The number of pyridine rings is 1. The Morgan fingerprint density at radius 2 is 2.13 bits per heavy atom. The Hall–Kier alpha value is -3.07. The molecule has 0 radical (unpaired) electrons. The summed E-state index contributed by atoms with van der Waals surface area (Å²) in [5.74, 6) is 0.424. The molecule has 9 heteroatoms. The molecule has 1 N–H and O–H groups in total. The van der Waals surface area contributed by atoms with Crippen molar-refractivity contribution in [1.82, 2.24) is 24.3 Å². The highest BCUT2D eigenvalue weighted by atomic mass is 19.1. The number of anilines is 2. The second-order valence-corrected chi connectivity index (χ2v) is 8.54. The van der Waals surface area contributed by atoms with Crippen LogP contribution in [0.1, 0.15) is 36.5 Å². The number of fused-ring (bicyclic) bond motifs is 1. The molecular weight excluding hydrogens is 397 g/mol. The minimum Gasteiger partial charge on any atom is -0.355 e. The van der Waals surface area contributed by atoms with Gasteiger partial charge in [-0.1, -0.05) is 0 Å². The monoisotopic (exact) mass is 425 g/mol.